The lowest BCUT2D eigenvalue weighted by atomic mass is 9.96. The Hall–Kier alpha value is -3.10. The molecule has 0 aliphatic carbocycles. The van der Waals surface area contributed by atoms with Crippen LogP contribution in [0.25, 0.3) is 10.9 Å². The molecule has 0 unspecified atom stereocenters. The largest absolute Gasteiger partial charge is 0.444 e. The third-order valence-corrected chi connectivity index (χ3v) is 5.06. The minimum atomic E-state index is -0.545. The summed E-state index contributed by atoms with van der Waals surface area (Å²) in [5.41, 5.74) is 2.10. The first-order valence-corrected chi connectivity index (χ1v) is 9.63. The van der Waals surface area contributed by atoms with Crippen molar-refractivity contribution in [2.75, 3.05) is 13.1 Å². The highest BCUT2D eigenvalue weighted by molar-refractivity contribution is 6.59. The molecule has 2 radical (unpaired) electrons. The summed E-state index contributed by atoms with van der Waals surface area (Å²) < 4.78 is 5.44. The van der Waals surface area contributed by atoms with Crippen LogP contribution in [0.2, 0.25) is 0 Å². The van der Waals surface area contributed by atoms with Crippen molar-refractivity contribution in [3.05, 3.63) is 42.1 Å². The van der Waals surface area contributed by atoms with Gasteiger partial charge in [-0.05, 0) is 25.0 Å². The molecule has 2 aliphatic heterocycles. The van der Waals surface area contributed by atoms with Crippen LogP contribution in [0.1, 0.15) is 24.8 Å². The summed E-state index contributed by atoms with van der Waals surface area (Å²) in [5.74, 6) is -0.221. The maximum atomic E-state index is 12.5. The lowest BCUT2D eigenvalue weighted by Gasteiger charge is -2.23. The monoisotopic (exact) mass is 392 g/mol. The highest BCUT2D eigenvalue weighted by Crippen LogP contribution is 2.20. The molecule has 29 heavy (non-hydrogen) atoms. The number of nitrogens with one attached hydrogen (secondary N) is 1. The minimum Gasteiger partial charge on any atom is -0.444 e. The molecule has 8 nitrogen and oxygen atoms in total. The van der Waals surface area contributed by atoms with Gasteiger partial charge in [0.1, 0.15) is 26.6 Å². The predicted molar refractivity (Wildman–Crippen MR) is 107 cm³/mol. The van der Waals surface area contributed by atoms with Gasteiger partial charge in [0.05, 0.1) is 12.1 Å². The highest BCUT2D eigenvalue weighted by atomic mass is 16.6. The summed E-state index contributed by atoms with van der Waals surface area (Å²) in [5, 5.41) is 7.46. The molecule has 0 spiro atoms. The summed E-state index contributed by atoms with van der Waals surface area (Å²) in [7, 11) is 5.57. The zero-order chi connectivity index (χ0) is 20.2. The number of fused-ring (bicyclic) bond motifs is 1. The van der Waals surface area contributed by atoms with Crippen molar-refractivity contribution in [3.8, 4) is 0 Å². The molecular weight excluding hydrogens is 371 g/mol. The molecule has 0 bridgehead atoms. The Balaban J connectivity index is 1.30. The Kier molecular flexibility index (Phi) is 5.64. The molecule has 0 saturated carbocycles. The second-order valence-corrected chi connectivity index (χ2v) is 7.20. The zero-order valence-corrected chi connectivity index (χ0v) is 15.9. The first-order chi connectivity index (χ1) is 14.1. The Morgan fingerprint density at radius 2 is 2.21 bits per heavy atom. The molecule has 2 amide bonds. The van der Waals surface area contributed by atoms with E-state index in [2.05, 4.69) is 15.5 Å². The van der Waals surface area contributed by atoms with Gasteiger partial charge in [0, 0.05) is 35.7 Å². The van der Waals surface area contributed by atoms with Crippen LogP contribution in [0.4, 0.5) is 4.79 Å². The van der Waals surface area contributed by atoms with Gasteiger partial charge in [0.15, 0.2) is 0 Å². The third-order valence-electron chi connectivity index (χ3n) is 5.06. The van der Waals surface area contributed by atoms with Gasteiger partial charge in [-0.1, -0.05) is 18.2 Å². The fourth-order valence-electron chi connectivity index (χ4n) is 3.57. The van der Waals surface area contributed by atoms with Crippen molar-refractivity contribution < 1.29 is 19.2 Å². The summed E-state index contributed by atoms with van der Waals surface area (Å²) in [4.78, 5) is 36.0. The number of pyridine rings is 1. The number of benzene rings is 1. The fraction of sp³-hybridized carbons (Fsp3) is 0.400. The number of ether oxygens (including phenoxy) is 1. The average molecular weight is 392 g/mol. The van der Waals surface area contributed by atoms with Crippen LogP contribution in [0, 0.1) is 0 Å². The van der Waals surface area contributed by atoms with Gasteiger partial charge in [-0.15, -0.1) is 5.16 Å². The number of carbonyl (C=O) groups excluding carboxylic acids is 2. The number of oxime groups is 1. The third kappa shape index (κ3) is 4.50. The number of para-hydroxylation sites is 1. The lowest BCUT2D eigenvalue weighted by Crippen LogP contribution is -2.47. The summed E-state index contributed by atoms with van der Waals surface area (Å²) >= 11 is 0. The molecule has 1 saturated heterocycles. The van der Waals surface area contributed by atoms with E-state index in [-0.39, 0.29) is 18.6 Å². The summed E-state index contributed by atoms with van der Waals surface area (Å²) in [6.45, 7) is 0.891. The van der Waals surface area contributed by atoms with E-state index in [0.29, 0.717) is 31.5 Å². The van der Waals surface area contributed by atoms with Gasteiger partial charge < -0.3 is 14.9 Å². The number of amides is 2. The molecule has 148 valence electrons. The van der Waals surface area contributed by atoms with Crippen molar-refractivity contribution in [1.29, 1.82) is 0 Å². The van der Waals surface area contributed by atoms with Gasteiger partial charge in [-0.3, -0.25) is 14.7 Å². The van der Waals surface area contributed by atoms with E-state index in [1.54, 1.807) is 6.20 Å². The van der Waals surface area contributed by atoms with Gasteiger partial charge in [-0.25, -0.2) is 4.79 Å². The Bertz CT molecular complexity index is 951. The van der Waals surface area contributed by atoms with Crippen molar-refractivity contribution >= 4 is 36.4 Å². The average Bonchev–Trinajstić information content (AvgIpc) is 3.39. The van der Waals surface area contributed by atoms with Crippen molar-refractivity contribution in [3.63, 3.8) is 0 Å². The SMILES string of the molecule is [B]C1=NO[C@H](CNC(=O)[C@@H]2CCCN2C(=O)OCc2cnc3ccccc3c2)C1. The van der Waals surface area contributed by atoms with Crippen LogP contribution >= 0.6 is 0 Å². The summed E-state index contributed by atoms with van der Waals surface area (Å²) in [6.07, 6.45) is 2.76. The van der Waals surface area contributed by atoms with E-state index in [1.165, 1.54) is 4.90 Å². The van der Waals surface area contributed by atoms with E-state index >= 15 is 0 Å². The van der Waals surface area contributed by atoms with Gasteiger partial charge in [0.25, 0.3) is 0 Å². The van der Waals surface area contributed by atoms with Crippen molar-refractivity contribution in [1.82, 2.24) is 15.2 Å². The topological polar surface area (TPSA) is 93.1 Å². The minimum absolute atomic E-state index is 0.105. The maximum absolute atomic E-state index is 12.5. The Morgan fingerprint density at radius 3 is 3.03 bits per heavy atom. The van der Waals surface area contributed by atoms with E-state index in [4.69, 9.17) is 17.4 Å². The van der Waals surface area contributed by atoms with Gasteiger partial charge in [0.2, 0.25) is 5.91 Å². The zero-order valence-electron chi connectivity index (χ0n) is 15.9. The number of likely N-dealkylation sites (tertiary alicyclic amines) is 1. The van der Waals surface area contributed by atoms with E-state index < -0.39 is 12.1 Å². The second kappa shape index (κ2) is 8.51. The Labute approximate surface area is 169 Å². The molecule has 1 fully saturated rings. The number of nitrogens with zero attached hydrogens (tertiary/aromatic N) is 3. The Morgan fingerprint density at radius 1 is 1.34 bits per heavy atom. The normalized spacial score (nSPS) is 21.0. The standard InChI is InChI=1S/C20H21BN4O4/c21-18-9-15(29-24-18)11-23-19(26)17-6-3-7-25(17)20(27)28-12-13-8-14-4-1-2-5-16(14)22-10-13/h1-2,4-5,8,10,15,17H,3,6-7,9,11-12H2,(H,23,26)/t15-,17-/m0/s1. The van der Waals surface area contributed by atoms with Crippen LogP contribution < -0.4 is 5.32 Å². The van der Waals surface area contributed by atoms with E-state index in [9.17, 15) is 9.59 Å². The second-order valence-electron chi connectivity index (χ2n) is 7.20. The van der Waals surface area contributed by atoms with Crippen molar-refractivity contribution in [2.24, 2.45) is 5.16 Å². The summed E-state index contributed by atoms with van der Waals surface area (Å²) in [6, 6.07) is 9.14. The quantitative estimate of drug-likeness (QED) is 0.783. The number of carbonyl (C=O) groups is 2. The molecule has 3 heterocycles. The maximum Gasteiger partial charge on any atom is 0.410 e. The van der Waals surface area contributed by atoms with E-state index in [0.717, 1.165) is 22.9 Å². The van der Waals surface area contributed by atoms with Crippen LogP contribution in [0.15, 0.2) is 41.7 Å². The van der Waals surface area contributed by atoms with Crippen molar-refractivity contribution in [2.45, 2.75) is 38.0 Å². The lowest BCUT2D eigenvalue weighted by molar-refractivity contribution is -0.125. The first kappa shape index (κ1) is 19.2. The number of aromatic nitrogens is 1. The molecule has 4 rings (SSSR count). The van der Waals surface area contributed by atoms with Crippen LogP contribution in [0.3, 0.4) is 0 Å². The predicted octanol–water partition coefficient (Wildman–Crippen LogP) is 1.72. The van der Waals surface area contributed by atoms with Gasteiger partial charge in [-0.2, -0.15) is 0 Å². The molecule has 2 aromatic rings. The first-order valence-electron chi connectivity index (χ1n) is 9.63. The highest BCUT2D eigenvalue weighted by Gasteiger charge is 2.35. The van der Waals surface area contributed by atoms with Crippen LogP contribution in [-0.2, 0) is 21.0 Å². The van der Waals surface area contributed by atoms with Crippen LogP contribution in [-0.4, -0.2) is 60.6 Å². The van der Waals surface area contributed by atoms with E-state index in [1.807, 2.05) is 30.3 Å². The molecule has 1 aromatic heterocycles. The number of rotatable bonds is 5. The van der Waals surface area contributed by atoms with Crippen LogP contribution in [0.5, 0.6) is 0 Å². The molecule has 2 atom stereocenters. The number of hydrogen-bond donors (Lipinski definition) is 1. The fourth-order valence-corrected chi connectivity index (χ4v) is 3.57. The molecule has 1 aromatic carbocycles. The number of hydrogen-bond acceptors (Lipinski definition) is 6. The molecule has 1 N–H and O–H groups in total. The van der Waals surface area contributed by atoms with Gasteiger partial charge >= 0.3 is 6.09 Å². The molecular formula is C20H21BN4O4. The molecule has 9 heteroatoms. The smallest absolute Gasteiger partial charge is 0.410 e. The molecule has 2 aliphatic rings.